The lowest BCUT2D eigenvalue weighted by atomic mass is 9.92. The fraction of sp³-hybridized carbons (Fsp3) is 1.00. The summed E-state index contributed by atoms with van der Waals surface area (Å²) in [6, 6.07) is 0. The third-order valence-corrected chi connectivity index (χ3v) is 3.38. The summed E-state index contributed by atoms with van der Waals surface area (Å²) in [4.78, 5) is 0. The number of rotatable bonds is 5. The summed E-state index contributed by atoms with van der Waals surface area (Å²) in [5, 5.41) is 9.86. The van der Waals surface area contributed by atoms with Gasteiger partial charge in [0, 0.05) is 12.0 Å². The van der Waals surface area contributed by atoms with E-state index in [9.17, 15) is 5.11 Å². The van der Waals surface area contributed by atoms with Gasteiger partial charge in [0.15, 0.2) is 0 Å². The molecule has 0 radical (unpaired) electrons. The van der Waals surface area contributed by atoms with Gasteiger partial charge in [-0.05, 0) is 18.8 Å². The van der Waals surface area contributed by atoms with Gasteiger partial charge < -0.3 is 10.8 Å². The molecule has 0 heterocycles. The van der Waals surface area contributed by atoms with E-state index in [-0.39, 0.29) is 11.5 Å². The molecular weight excluding hydrogens is 150 g/mol. The van der Waals surface area contributed by atoms with Crippen molar-refractivity contribution in [2.75, 3.05) is 6.54 Å². The van der Waals surface area contributed by atoms with Crippen LogP contribution in [0.2, 0.25) is 0 Å². The van der Waals surface area contributed by atoms with Crippen LogP contribution in [-0.4, -0.2) is 17.8 Å². The maximum absolute atomic E-state index is 9.86. The van der Waals surface area contributed by atoms with Crippen molar-refractivity contribution in [2.24, 2.45) is 17.1 Å². The van der Waals surface area contributed by atoms with E-state index in [0.29, 0.717) is 12.5 Å². The average molecular weight is 171 g/mol. The summed E-state index contributed by atoms with van der Waals surface area (Å²) in [6.07, 6.45) is 4.17. The summed E-state index contributed by atoms with van der Waals surface area (Å²) < 4.78 is 0. The Bertz CT molecular complexity index is 145. The van der Waals surface area contributed by atoms with E-state index in [1.807, 2.05) is 0 Å². The Morgan fingerprint density at radius 1 is 1.67 bits per heavy atom. The van der Waals surface area contributed by atoms with Gasteiger partial charge in [-0.25, -0.2) is 0 Å². The Hall–Kier alpha value is -0.0800. The molecule has 0 amide bonds. The van der Waals surface area contributed by atoms with E-state index in [4.69, 9.17) is 5.73 Å². The Morgan fingerprint density at radius 2 is 2.25 bits per heavy atom. The minimum absolute atomic E-state index is 0.0924. The van der Waals surface area contributed by atoms with Crippen LogP contribution in [0.4, 0.5) is 0 Å². The molecule has 2 nitrogen and oxygen atoms in total. The average Bonchev–Trinajstić information content (AvgIpc) is 2.74. The van der Waals surface area contributed by atoms with Crippen LogP contribution in [0.5, 0.6) is 0 Å². The smallest absolute Gasteiger partial charge is 0.0611 e. The van der Waals surface area contributed by atoms with Gasteiger partial charge in [0.05, 0.1) is 6.10 Å². The highest BCUT2D eigenvalue weighted by molar-refractivity contribution is 5.05. The van der Waals surface area contributed by atoms with E-state index in [1.165, 1.54) is 0 Å². The van der Waals surface area contributed by atoms with Crippen LogP contribution >= 0.6 is 0 Å². The van der Waals surface area contributed by atoms with Gasteiger partial charge in [0.2, 0.25) is 0 Å². The van der Waals surface area contributed by atoms with Gasteiger partial charge in [-0.1, -0.05) is 26.7 Å². The Balaban J connectivity index is 2.35. The molecule has 0 aromatic rings. The minimum atomic E-state index is -0.155. The van der Waals surface area contributed by atoms with Gasteiger partial charge in [-0.3, -0.25) is 0 Å². The monoisotopic (exact) mass is 171 g/mol. The fourth-order valence-corrected chi connectivity index (χ4v) is 2.08. The number of aliphatic hydroxyl groups excluding tert-OH is 1. The zero-order chi connectivity index (χ0) is 9.19. The molecule has 0 unspecified atom stereocenters. The van der Waals surface area contributed by atoms with Crippen molar-refractivity contribution in [3.05, 3.63) is 0 Å². The molecule has 3 N–H and O–H groups in total. The van der Waals surface area contributed by atoms with Crippen LogP contribution in [0, 0.1) is 11.3 Å². The highest BCUT2D eigenvalue weighted by Crippen LogP contribution is 2.54. The summed E-state index contributed by atoms with van der Waals surface area (Å²) >= 11 is 0. The molecule has 72 valence electrons. The molecule has 1 aliphatic rings. The van der Waals surface area contributed by atoms with Crippen molar-refractivity contribution in [1.82, 2.24) is 0 Å². The largest absolute Gasteiger partial charge is 0.392 e. The van der Waals surface area contributed by atoms with Crippen LogP contribution in [0.1, 0.15) is 39.5 Å². The van der Waals surface area contributed by atoms with Gasteiger partial charge in [0.25, 0.3) is 0 Å². The number of aliphatic hydroxyl groups is 1. The molecule has 1 fully saturated rings. The van der Waals surface area contributed by atoms with E-state index < -0.39 is 0 Å². The van der Waals surface area contributed by atoms with Crippen LogP contribution < -0.4 is 5.73 Å². The van der Waals surface area contributed by atoms with E-state index in [1.54, 1.807) is 0 Å². The molecule has 0 spiro atoms. The second-order valence-corrected chi connectivity index (χ2v) is 4.20. The van der Waals surface area contributed by atoms with Crippen molar-refractivity contribution < 1.29 is 5.11 Å². The van der Waals surface area contributed by atoms with Crippen molar-refractivity contribution in [3.8, 4) is 0 Å². The first-order valence-corrected chi connectivity index (χ1v) is 5.05. The zero-order valence-electron chi connectivity index (χ0n) is 8.21. The predicted molar refractivity (Wildman–Crippen MR) is 50.8 cm³/mol. The van der Waals surface area contributed by atoms with Crippen molar-refractivity contribution in [1.29, 1.82) is 0 Å². The van der Waals surface area contributed by atoms with Crippen LogP contribution in [-0.2, 0) is 0 Å². The lowest BCUT2D eigenvalue weighted by Gasteiger charge is -2.21. The second-order valence-electron chi connectivity index (χ2n) is 4.20. The molecule has 0 aromatic heterocycles. The van der Waals surface area contributed by atoms with Gasteiger partial charge in [0.1, 0.15) is 0 Å². The molecule has 2 heteroatoms. The molecule has 0 saturated heterocycles. The second kappa shape index (κ2) is 3.75. The number of hydrogen-bond acceptors (Lipinski definition) is 2. The minimum Gasteiger partial charge on any atom is -0.392 e. The van der Waals surface area contributed by atoms with Gasteiger partial charge in [-0.15, -0.1) is 0 Å². The molecule has 0 aliphatic heterocycles. The maximum Gasteiger partial charge on any atom is 0.0611 e. The zero-order valence-corrected chi connectivity index (χ0v) is 8.21. The number of hydrogen-bond donors (Lipinski definition) is 2. The summed E-state index contributed by atoms with van der Waals surface area (Å²) in [7, 11) is 0. The van der Waals surface area contributed by atoms with Gasteiger partial charge >= 0.3 is 0 Å². The summed E-state index contributed by atoms with van der Waals surface area (Å²) in [5.41, 5.74) is 5.76. The molecule has 1 rings (SSSR count). The van der Waals surface area contributed by atoms with Crippen molar-refractivity contribution >= 4 is 0 Å². The van der Waals surface area contributed by atoms with Crippen LogP contribution in [0.25, 0.3) is 0 Å². The van der Waals surface area contributed by atoms with E-state index in [2.05, 4.69) is 13.8 Å². The summed E-state index contributed by atoms with van der Waals surface area (Å²) in [5.74, 6) is 0.634. The van der Waals surface area contributed by atoms with Crippen LogP contribution in [0.3, 0.4) is 0 Å². The van der Waals surface area contributed by atoms with Gasteiger partial charge in [-0.2, -0.15) is 0 Å². The van der Waals surface area contributed by atoms with Crippen molar-refractivity contribution in [3.63, 3.8) is 0 Å². The Morgan fingerprint density at radius 3 is 2.58 bits per heavy atom. The molecular formula is C10H21NO. The van der Waals surface area contributed by atoms with E-state index in [0.717, 1.165) is 25.7 Å². The summed E-state index contributed by atoms with van der Waals surface area (Å²) in [6.45, 7) is 4.99. The molecule has 0 bridgehead atoms. The Labute approximate surface area is 75.2 Å². The first-order chi connectivity index (χ1) is 5.67. The molecule has 12 heavy (non-hydrogen) atoms. The topological polar surface area (TPSA) is 46.2 Å². The lowest BCUT2D eigenvalue weighted by molar-refractivity contribution is 0.0784. The van der Waals surface area contributed by atoms with E-state index >= 15 is 0 Å². The maximum atomic E-state index is 9.86. The first-order valence-electron chi connectivity index (χ1n) is 5.05. The standard InChI is InChI=1S/C10H21NO/c1-3-4-5-9(12)10(7-11)6-8(10)2/h8-9,12H,3-7,11H2,1-2H3/t8-,9+,10-/m0/s1. The number of unbranched alkanes of at least 4 members (excludes halogenated alkanes) is 1. The highest BCUT2D eigenvalue weighted by Gasteiger charge is 2.54. The normalized spacial score (nSPS) is 36.5. The fourth-order valence-electron chi connectivity index (χ4n) is 2.08. The first kappa shape index (κ1) is 10.0. The highest BCUT2D eigenvalue weighted by atomic mass is 16.3. The molecule has 0 aromatic carbocycles. The third-order valence-electron chi connectivity index (χ3n) is 3.38. The van der Waals surface area contributed by atoms with Crippen molar-refractivity contribution in [2.45, 2.75) is 45.6 Å². The third kappa shape index (κ3) is 1.64. The quantitative estimate of drug-likeness (QED) is 0.659. The number of nitrogens with two attached hydrogens (primary N) is 1. The molecule has 1 saturated carbocycles. The lowest BCUT2D eigenvalue weighted by Crippen LogP contribution is -2.31. The van der Waals surface area contributed by atoms with Crippen LogP contribution in [0.15, 0.2) is 0 Å². The SMILES string of the molecule is CCCC[C@@H](O)[C@]1(CN)C[C@@H]1C. The predicted octanol–water partition coefficient (Wildman–Crippen LogP) is 1.52. The Kier molecular flexibility index (Phi) is 3.13. The molecule has 3 atom stereocenters. The molecule has 1 aliphatic carbocycles.